The molecule has 1 fully saturated rings. The van der Waals surface area contributed by atoms with Gasteiger partial charge in [-0.05, 0) is 24.0 Å². The number of amides is 1. The molecule has 0 spiro atoms. The van der Waals surface area contributed by atoms with E-state index in [1.807, 2.05) is 6.92 Å². The SMILES string of the molecule is CC(CC(=O)NCC1CCCCC1)Sc1nn[nH]n1. The number of hydrogen-bond acceptors (Lipinski definition) is 5. The maximum Gasteiger partial charge on any atom is 0.231 e. The zero-order valence-corrected chi connectivity index (χ0v) is 12.1. The third-order valence-electron chi connectivity index (χ3n) is 3.42. The van der Waals surface area contributed by atoms with Crippen molar-refractivity contribution < 1.29 is 4.79 Å². The molecule has 19 heavy (non-hydrogen) atoms. The van der Waals surface area contributed by atoms with Crippen molar-refractivity contribution in [2.24, 2.45) is 5.92 Å². The van der Waals surface area contributed by atoms with Gasteiger partial charge in [-0.1, -0.05) is 37.9 Å². The van der Waals surface area contributed by atoms with E-state index in [0.717, 1.165) is 6.54 Å². The second kappa shape index (κ2) is 7.47. The summed E-state index contributed by atoms with van der Waals surface area (Å²) < 4.78 is 0. The van der Waals surface area contributed by atoms with E-state index in [1.54, 1.807) is 0 Å². The number of aromatic nitrogens is 4. The van der Waals surface area contributed by atoms with Gasteiger partial charge in [-0.3, -0.25) is 4.79 Å². The standard InChI is InChI=1S/C12H21N5OS/c1-9(19-12-14-16-17-15-12)7-11(18)13-8-10-5-3-2-4-6-10/h9-10H,2-8H2,1H3,(H,13,18)(H,14,15,16,17). The van der Waals surface area contributed by atoms with Crippen LogP contribution < -0.4 is 5.32 Å². The number of H-pyrrole nitrogens is 1. The van der Waals surface area contributed by atoms with Gasteiger partial charge >= 0.3 is 0 Å². The molecule has 2 rings (SSSR count). The van der Waals surface area contributed by atoms with Gasteiger partial charge in [0.15, 0.2) is 0 Å². The van der Waals surface area contributed by atoms with Crippen molar-refractivity contribution in [3.05, 3.63) is 0 Å². The summed E-state index contributed by atoms with van der Waals surface area (Å²) in [5.74, 6) is 0.798. The summed E-state index contributed by atoms with van der Waals surface area (Å²) in [6.07, 6.45) is 6.98. The molecule has 0 bridgehead atoms. The minimum atomic E-state index is 0.120. The van der Waals surface area contributed by atoms with Crippen molar-refractivity contribution in [1.82, 2.24) is 25.9 Å². The lowest BCUT2D eigenvalue weighted by Crippen LogP contribution is -2.31. The Labute approximate surface area is 117 Å². The van der Waals surface area contributed by atoms with E-state index in [9.17, 15) is 4.79 Å². The molecule has 1 aromatic rings. The van der Waals surface area contributed by atoms with E-state index < -0.39 is 0 Å². The number of carbonyl (C=O) groups excluding carboxylic acids is 1. The Kier molecular flexibility index (Phi) is 5.62. The van der Waals surface area contributed by atoms with Crippen LogP contribution in [0.25, 0.3) is 0 Å². The number of hydrogen-bond donors (Lipinski definition) is 2. The second-order valence-electron chi connectivity index (χ2n) is 5.14. The van der Waals surface area contributed by atoms with Crippen molar-refractivity contribution in [1.29, 1.82) is 0 Å². The molecule has 1 unspecified atom stereocenters. The predicted octanol–water partition coefficient (Wildman–Crippen LogP) is 1.77. The number of rotatable bonds is 6. The van der Waals surface area contributed by atoms with Crippen LogP contribution in [-0.2, 0) is 4.79 Å². The number of tetrazole rings is 1. The van der Waals surface area contributed by atoms with E-state index in [2.05, 4.69) is 25.9 Å². The van der Waals surface area contributed by atoms with Gasteiger partial charge in [0, 0.05) is 18.2 Å². The molecule has 0 aromatic carbocycles. The third kappa shape index (κ3) is 5.18. The number of nitrogens with zero attached hydrogens (tertiary/aromatic N) is 3. The highest BCUT2D eigenvalue weighted by molar-refractivity contribution is 7.99. The van der Waals surface area contributed by atoms with Crippen LogP contribution in [0.5, 0.6) is 0 Å². The predicted molar refractivity (Wildman–Crippen MR) is 73.7 cm³/mol. The lowest BCUT2D eigenvalue weighted by atomic mass is 9.89. The van der Waals surface area contributed by atoms with Crippen molar-refractivity contribution in [2.45, 2.75) is 55.9 Å². The van der Waals surface area contributed by atoms with Crippen LogP contribution in [-0.4, -0.2) is 38.3 Å². The first-order valence-electron chi connectivity index (χ1n) is 6.91. The maximum absolute atomic E-state index is 11.8. The first-order valence-corrected chi connectivity index (χ1v) is 7.79. The van der Waals surface area contributed by atoms with E-state index in [-0.39, 0.29) is 11.2 Å². The molecule has 1 aliphatic carbocycles. The highest BCUT2D eigenvalue weighted by Gasteiger charge is 2.16. The molecule has 0 radical (unpaired) electrons. The smallest absolute Gasteiger partial charge is 0.231 e. The Morgan fingerprint density at radius 1 is 1.47 bits per heavy atom. The first kappa shape index (κ1) is 14.3. The van der Waals surface area contributed by atoms with Gasteiger partial charge in [-0.25, -0.2) is 0 Å². The molecule has 1 aromatic heterocycles. The van der Waals surface area contributed by atoms with Gasteiger partial charge in [-0.2, -0.15) is 5.21 Å². The summed E-state index contributed by atoms with van der Waals surface area (Å²) in [5, 5.41) is 17.4. The van der Waals surface area contributed by atoms with Gasteiger partial charge in [0.25, 0.3) is 0 Å². The first-order chi connectivity index (χ1) is 9.24. The summed E-state index contributed by atoms with van der Waals surface area (Å²) in [6.45, 7) is 2.83. The highest BCUT2D eigenvalue weighted by Crippen LogP contribution is 2.23. The van der Waals surface area contributed by atoms with Crippen molar-refractivity contribution >= 4 is 17.7 Å². The van der Waals surface area contributed by atoms with Crippen LogP contribution in [0.4, 0.5) is 0 Å². The second-order valence-corrected chi connectivity index (χ2v) is 6.54. The number of carbonyl (C=O) groups is 1. The summed E-state index contributed by atoms with van der Waals surface area (Å²) in [4.78, 5) is 11.8. The van der Waals surface area contributed by atoms with E-state index in [4.69, 9.17) is 0 Å². The topological polar surface area (TPSA) is 83.6 Å². The van der Waals surface area contributed by atoms with Crippen LogP contribution in [0, 0.1) is 5.92 Å². The Hall–Kier alpha value is -1.11. The Balaban J connectivity index is 1.63. The largest absolute Gasteiger partial charge is 0.356 e. The molecular weight excluding hydrogens is 262 g/mol. The van der Waals surface area contributed by atoms with E-state index >= 15 is 0 Å². The fourth-order valence-electron chi connectivity index (χ4n) is 2.41. The molecule has 1 amide bonds. The summed E-state index contributed by atoms with van der Waals surface area (Å²) in [7, 11) is 0. The number of aromatic amines is 1. The maximum atomic E-state index is 11.8. The molecule has 1 atom stereocenters. The Morgan fingerprint density at radius 2 is 2.26 bits per heavy atom. The van der Waals surface area contributed by atoms with Crippen LogP contribution >= 0.6 is 11.8 Å². The fraction of sp³-hybridized carbons (Fsp3) is 0.833. The highest BCUT2D eigenvalue weighted by atomic mass is 32.2. The fourth-order valence-corrected chi connectivity index (χ4v) is 3.18. The van der Waals surface area contributed by atoms with E-state index in [1.165, 1.54) is 43.9 Å². The third-order valence-corrected chi connectivity index (χ3v) is 4.37. The molecule has 2 N–H and O–H groups in total. The summed E-state index contributed by atoms with van der Waals surface area (Å²) in [6, 6.07) is 0. The van der Waals surface area contributed by atoms with Crippen molar-refractivity contribution in [3.8, 4) is 0 Å². The molecule has 6 nitrogen and oxygen atoms in total. The van der Waals surface area contributed by atoms with Crippen LogP contribution in [0.15, 0.2) is 5.16 Å². The van der Waals surface area contributed by atoms with Crippen LogP contribution in [0.3, 0.4) is 0 Å². The van der Waals surface area contributed by atoms with Crippen molar-refractivity contribution in [3.63, 3.8) is 0 Å². The van der Waals surface area contributed by atoms with Crippen LogP contribution in [0.1, 0.15) is 45.4 Å². The molecular formula is C12H21N5OS. The molecule has 1 saturated carbocycles. The number of nitrogens with one attached hydrogen (secondary N) is 2. The lowest BCUT2D eigenvalue weighted by Gasteiger charge is -2.22. The zero-order valence-electron chi connectivity index (χ0n) is 11.3. The summed E-state index contributed by atoms with van der Waals surface area (Å²) >= 11 is 1.46. The molecule has 1 aliphatic rings. The Morgan fingerprint density at radius 3 is 2.95 bits per heavy atom. The van der Waals surface area contributed by atoms with Crippen LogP contribution in [0.2, 0.25) is 0 Å². The average Bonchev–Trinajstić information content (AvgIpc) is 2.90. The minimum absolute atomic E-state index is 0.120. The van der Waals surface area contributed by atoms with Gasteiger partial charge in [0.1, 0.15) is 0 Å². The lowest BCUT2D eigenvalue weighted by molar-refractivity contribution is -0.121. The van der Waals surface area contributed by atoms with Gasteiger partial charge < -0.3 is 5.32 Å². The molecule has 106 valence electrons. The average molecular weight is 283 g/mol. The van der Waals surface area contributed by atoms with Gasteiger partial charge in [-0.15, -0.1) is 10.2 Å². The molecule has 0 saturated heterocycles. The summed E-state index contributed by atoms with van der Waals surface area (Å²) in [5.41, 5.74) is 0. The molecule has 1 heterocycles. The van der Waals surface area contributed by atoms with E-state index in [0.29, 0.717) is 17.5 Å². The quantitative estimate of drug-likeness (QED) is 0.777. The Bertz CT molecular complexity index is 377. The normalized spacial score (nSPS) is 18.2. The number of thioether (sulfide) groups is 1. The van der Waals surface area contributed by atoms with Crippen molar-refractivity contribution in [2.75, 3.05) is 6.54 Å². The monoisotopic (exact) mass is 283 g/mol. The van der Waals surface area contributed by atoms with Gasteiger partial charge in [0.05, 0.1) is 0 Å². The minimum Gasteiger partial charge on any atom is -0.356 e. The molecule has 7 heteroatoms. The zero-order chi connectivity index (χ0) is 13.5. The van der Waals surface area contributed by atoms with Gasteiger partial charge in [0.2, 0.25) is 11.1 Å². The molecule has 0 aliphatic heterocycles.